The maximum Gasteiger partial charge on any atom is 0.417 e. The summed E-state index contributed by atoms with van der Waals surface area (Å²) < 4.78 is 51.1. The van der Waals surface area contributed by atoms with Crippen molar-refractivity contribution in [1.29, 1.82) is 0 Å². The van der Waals surface area contributed by atoms with Crippen molar-refractivity contribution < 1.29 is 22.4 Å². The Balaban J connectivity index is 3.26. The molecular formula is C9H6BrF4N3O. The highest BCUT2D eigenvalue weighted by atomic mass is 79.9. The standard InChI is InChI=1S/C9H6BrF4N3O/c10-6-2-1-5(9(12,13)14)4(7(6)11)3-16-17-8(15)18/h1-3H,(H3,15,17,18). The zero-order chi connectivity index (χ0) is 13.9. The van der Waals surface area contributed by atoms with Crippen LogP contribution in [0, 0.1) is 5.82 Å². The first kappa shape index (κ1) is 14.4. The number of rotatable bonds is 2. The lowest BCUT2D eigenvalue weighted by Crippen LogP contribution is -2.24. The Morgan fingerprint density at radius 3 is 2.56 bits per heavy atom. The number of halogens is 5. The monoisotopic (exact) mass is 327 g/mol. The van der Waals surface area contributed by atoms with Crippen molar-refractivity contribution in [2.75, 3.05) is 0 Å². The number of benzene rings is 1. The number of hydrazone groups is 1. The van der Waals surface area contributed by atoms with Crippen LogP contribution in [0.15, 0.2) is 21.7 Å². The molecule has 3 N–H and O–H groups in total. The van der Waals surface area contributed by atoms with Crippen LogP contribution < -0.4 is 11.2 Å². The molecule has 1 aromatic carbocycles. The second kappa shape index (κ2) is 5.34. The van der Waals surface area contributed by atoms with Crippen molar-refractivity contribution in [2.45, 2.75) is 6.18 Å². The average molecular weight is 328 g/mol. The maximum absolute atomic E-state index is 13.5. The van der Waals surface area contributed by atoms with E-state index in [0.29, 0.717) is 12.3 Å². The summed E-state index contributed by atoms with van der Waals surface area (Å²) in [4.78, 5) is 10.3. The number of urea groups is 1. The highest BCUT2D eigenvalue weighted by Gasteiger charge is 2.34. The number of carbonyl (C=O) groups excluding carboxylic acids is 1. The van der Waals surface area contributed by atoms with Gasteiger partial charge in [0.15, 0.2) is 0 Å². The van der Waals surface area contributed by atoms with Gasteiger partial charge in [0.05, 0.1) is 16.3 Å². The van der Waals surface area contributed by atoms with Crippen LogP contribution in [0.4, 0.5) is 22.4 Å². The van der Waals surface area contributed by atoms with Crippen LogP contribution in [0.1, 0.15) is 11.1 Å². The number of amides is 2. The predicted octanol–water partition coefficient (Wildman–Crippen LogP) is 2.61. The molecule has 1 rings (SSSR count). The summed E-state index contributed by atoms with van der Waals surface area (Å²) in [6.45, 7) is 0. The lowest BCUT2D eigenvalue weighted by Gasteiger charge is -2.11. The summed E-state index contributed by atoms with van der Waals surface area (Å²) in [5.41, 5.74) is 4.33. The number of carbonyl (C=O) groups is 1. The van der Waals surface area contributed by atoms with Crippen molar-refractivity contribution in [1.82, 2.24) is 5.43 Å². The SMILES string of the molecule is NC(=O)NN=Cc1c(C(F)(F)F)ccc(Br)c1F. The largest absolute Gasteiger partial charge is 0.417 e. The average Bonchev–Trinajstić information content (AvgIpc) is 2.22. The second-order valence-electron chi connectivity index (χ2n) is 3.05. The van der Waals surface area contributed by atoms with Crippen molar-refractivity contribution in [3.05, 3.63) is 33.5 Å². The van der Waals surface area contributed by atoms with Crippen molar-refractivity contribution in [2.24, 2.45) is 10.8 Å². The summed E-state index contributed by atoms with van der Waals surface area (Å²) >= 11 is 2.75. The maximum atomic E-state index is 13.5. The summed E-state index contributed by atoms with van der Waals surface area (Å²) in [6, 6.07) is 0.547. The first-order valence-electron chi connectivity index (χ1n) is 4.37. The van der Waals surface area contributed by atoms with Crippen LogP contribution in [-0.2, 0) is 6.18 Å². The van der Waals surface area contributed by atoms with Crippen molar-refractivity contribution in [3.8, 4) is 0 Å². The van der Waals surface area contributed by atoms with E-state index < -0.39 is 29.2 Å². The Kier molecular flexibility index (Phi) is 4.28. The molecular weight excluding hydrogens is 322 g/mol. The zero-order valence-electron chi connectivity index (χ0n) is 8.55. The molecule has 18 heavy (non-hydrogen) atoms. The Bertz CT molecular complexity index is 501. The number of nitrogens with zero attached hydrogens (tertiary/aromatic N) is 1. The molecule has 0 fully saturated rings. The number of hydrogen-bond donors (Lipinski definition) is 2. The first-order chi connectivity index (χ1) is 8.23. The minimum atomic E-state index is -4.74. The summed E-state index contributed by atoms with van der Waals surface area (Å²) in [5.74, 6) is -1.14. The Labute approximate surface area is 107 Å². The second-order valence-corrected chi connectivity index (χ2v) is 3.91. The highest BCUT2D eigenvalue weighted by molar-refractivity contribution is 9.10. The van der Waals surface area contributed by atoms with E-state index in [9.17, 15) is 22.4 Å². The quantitative estimate of drug-likeness (QED) is 0.489. The third-order valence-corrected chi connectivity index (χ3v) is 2.42. The summed E-state index contributed by atoms with van der Waals surface area (Å²) in [6.07, 6.45) is -4.21. The molecule has 0 saturated carbocycles. The van der Waals surface area contributed by atoms with Gasteiger partial charge in [0, 0.05) is 5.56 Å². The zero-order valence-corrected chi connectivity index (χ0v) is 10.1. The molecule has 0 bridgehead atoms. The van der Waals surface area contributed by atoms with Crippen LogP contribution in [0.3, 0.4) is 0 Å². The molecule has 0 radical (unpaired) electrons. The molecule has 0 aliphatic carbocycles. The molecule has 4 nitrogen and oxygen atoms in total. The summed E-state index contributed by atoms with van der Waals surface area (Å²) in [5, 5.41) is 3.11. The minimum Gasteiger partial charge on any atom is -0.350 e. The van der Waals surface area contributed by atoms with Gasteiger partial charge < -0.3 is 5.73 Å². The molecule has 0 spiro atoms. The Morgan fingerprint density at radius 2 is 2.06 bits per heavy atom. The van der Waals surface area contributed by atoms with E-state index in [2.05, 4.69) is 26.8 Å². The molecule has 0 unspecified atom stereocenters. The predicted molar refractivity (Wildman–Crippen MR) is 59.4 cm³/mol. The minimum absolute atomic E-state index is 0.156. The normalized spacial score (nSPS) is 11.8. The number of nitrogens with two attached hydrogens (primary N) is 1. The van der Waals surface area contributed by atoms with E-state index in [0.717, 1.165) is 6.07 Å². The van der Waals surface area contributed by atoms with Crippen molar-refractivity contribution >= 4 is 28.2 Å². The lowest BCUT2D eigenvalue weighted by molar-refractivity contribution is -0.137. The molecule has 98 valence electrons. The first-order valence-corrected chi connectivity index (χ1v) is 5.16. The fraction of sp³-hybridized carbons (Fsp3) is 0.111. The third-order valence-electron chi connectivity index (χ3n) is 1.81. The van der Waals surface area contributed by atoms with Gasteiger partial charge in [-0.05, 0) is 28.1 Å². The van der Waals surface area contributed by atoms with Gasteiger partial charge in [-0.3, -0.25) is 0 Å². The van der Waals surface area contributed by atoms with Crippen LogP contribution in [-0.4, -0.2) is 12.2 Å². The van der Waals surface area contributed by atoms with Gasteiger partial charge in [-0.15, -0.1) is 0 Å². The fourth-order valence-electron chi connectivity index (χ4n) is 1.10. The molecule has 2 amide bonds. The van der Waals surface area contributed by atoms with Crippen LogP contribution in [0.25, 0.3) is 0 Å². The van der Waals surface area contributed by atoms with E-state index in [1.807, 2.05) is 0 Å². The number of hydrogen-bond acceptors (Lipinski definition) is 2. The molecule has 0 saturated heterocycles. The van der Waals surface area contributed by atoms with Gasteiger partial charge in [0.25, 0.3) is 0 Å². The van der Waals surface area contributed by atoms with Gasteiger partial charge in [0.1, 0.15) is 5.82 Å². The topological polar surface area (TPSA) is 67.5 Å². The van der Waals surface area contributed by atoms with Gasteiger partial charge in [-0.2, -0.15) is 18.3 Å². The Morgan fingerprint density at radius 1 is 1.44 bits per heavy atom. The van der Waals surface area contributed by atoms with Crippen LogP contribution in [0.2, 0.25) is 0 Å². The molecule has 0 aliphatic heterocycles. The number of alkyl halides is 3. The molecule has 0 atom stereocenters. The fourth-order valence-corrected chi connectivity index (χ4v) is 1.45. The van der Waals surface area contributed by atoms with Crippen LogP contribution >= 0.6 is 15.9 Å². The number of primary amides is 1. The van der Waals surface area contributed by atoms with Gasteiger partial charge >= 0.3 is 12.2 Å². The molecule has 1 aromatic rings. The highest BCUT2D eigenvalue weighted by Crippen LogP contribution is 2.34. The van der Waals surface area contributed by atoms with E-state index in [-0.39, 0.29) is 4.47 Å². The third kappa shape index (κ3) is 3.42. The molecule has 0 heterocycles. The molecule has 9 heteroatoms. The summed E-state index contributed by atoms with van der Waals surface area (Å²) in [7, 11) is 0. The van der Waals surface area contributed by atoms with Crippen LogP contribution in [0.5, 0.6) is 0 Å². The van der Waals surface area contributed by atoms with Gasteiger partial charge in [-0.1, -0.05) is 0 Å². The lowest BCUT2D eigenvalue weighted by atomic mass is 10.1. The van der Waals surface area contributed by atoms with E-state index in [1.165, 1.54) is 0 Å². The molecule has 0 aliphatic rings. The van der Waals surface area contributed by atoms with E-state index in [1.54, 1.807) is 5.43 Å². The van der Waals surface area contributed by atoms with Gasteiger partial charge in [-0.25, -0.2) is 14.6 Å². The smallest absolute Gasteiger partial charge is 0.350 e. The van der Waals surface area contributed by atoms with E-state index in [4.69, 9.17) is 0 Å². The van der Waals surface area contributed by atoms with E-state index >= 15 is 0 Å². The molecule has 0 aromatic heterocycles. The van der Waals surface area contributed by atoms with Crippen molar-refractivity contribution in [3.63, 3.8) is 0 Å². The van der Waals surface area contributed by atoms with Gasteiger partial charge in [0.2, 0.25) is 0 Å². The Hall–Kier alpha value is -1.64. The number of nitrogens with one attached hydrogen (secondary N) is 1.